The zero-order valence-corrected chi connectivity index (χ0v) is 11.7. The van der Waals surface area contributed by atoms with Gasteiger partial charge in [-0.1, -0.05) is 38.1 Å². The molecular formula is C15H19N4O+. The zero-order chi connectivity index (χ0) is 14.5. The average Bonchev–Trinajstić information content (AvgIpc) is 2.46. The quantitative estimate of drug-likeness (QED) is 0.641. The Morgan fingerprint density at radius 3 is 2.85 bits per heavy atom. The molecule has 1 amide bonds. The summed E-state index contributed by atoms with van der Waals surface area (Å²) in [5, 5.41) is 5.03. The van der Waals surface area contributed by atoms with Crippen LogP contribution in [0.2, 0.25) is 0 Å². The van der Waals surface area contributed by atoms with Gasteiger partial charge in [-0.15, -0.1) is 0 Å². The van der Waals surface area contributed by atoms with E-state index in [0.29, 0.717) is 0 Å². The van der Waals surface area contributed by atoms with E-state index in [2.05, 4.69) is 21.2 Å². The fourth-order valence-corrected chi connectivity index (χ4v) is 1.78. The molecule has 0 bridgehead atoms. The number of hydrazone groups is 1. The Bertz CT molecular complexity index is 631. The minimum atomic E-state index is -0.308. The van der Waals surface area contributed by atoms with Crippen molar-refractivity contribution < 1.29 is 10.5 Å². The molecule has 20 heavy (non-hydrogen) atoms. The Morgan fingerprint density at radius 1 is 1.35 bits per heavy atom. The predicted octanol–water partition coefficient (Wildman–Crippen LogP) is 0.951. The summed E-state index contributed by atoms with van der Waals surface area (Å²) in [4.78, 5) is 16.1. The molecule has 0 aliphatic heterocycles. The molecule has 0 saturated carbocycles. The van der Waals surface area contributed by atoms with Crippen LogP contribution in [0.5, 0.6) is 0 Å². The first kappa shape index (κ1) is 14.1. The van der Waals surface area contributed by atoms with E-state index < -0.39 is 0 Å². The van der Waals surface area contributed by atoms with Crippen molar-refractivity contribution in [2.24, 2.45) is 11.0 Å². The number of aromatic nitrogens is 1. The van der Waals surface area contributed by atoms with Crippen LogP contribution in [0.25, 0.3) is 10.9 Å². The molecule has 2 aromatic rings. The zero-order valence-electron chi connectivity index (χ0n) is 11.7. The van der Waals surface area contributed by atoms with Crippen LogP contribution in [-0.4, -0.2) is 23.1 Å². The third-order valence-electron chi connectivity index (χ3n) is 3.18. The molecule has 0 aliphatic carbocycles. The van der Waals surface area contributed by atoms with Crippen LogP contribution >= 0.6 is 0 Å². The van der Waals surface area contributed by atoms with Crippen LogP contribution < -0.4 is 11.2 Å². The van der Waals surface area contributed by atoms with Crippen molar-refractivity contribution in [2.75, 3.05) is 0 Å². The Balaban J connectivity index is 2.13. The van der Waals surface area contributed by atoms with Crippen molar-refractivity contribution in [3.8, 4) is 0 Å². The normalized spacial score (nSPS) is 13.0. The van der Waals surface area contributed by atoms with Gasteiger partial charge in [0.2, 0.25) is 0 Å². The van der Waals surface area contributed by atoms with Gasteiger partial charge in [0.25, 0.3) is 5.91 Å². The standard InChI is InChI=1S/C15H18N4O/c1-10(2)13(16)15(20)19-18-9-12-6-3-5-11-7-4-8-17-14(11)12/h3-10,13H,16H2,1-2H3,(H,19,20)/p+1/b18-9-/t13-/m1/s1. The van der Waals surface area contributed by atoms with Crippen LogP contribution in [0.15, 0.2) is 41.6 Å². The number of nitrogens with zero attached hydrogens (tertiary/aromatic N) is 2. The van der Waals surface area contributed by atoms with Gasteiger partial charge in [0, 0.05) is 23.1 Å². The molecule has 2 rings (SSSR count). The summed E-state index contributed by atoms with van der Waals surface area (Å²) in [6.45, 7) is 3.91. The van der Waals surface area contributed by atoms with E-state index in [4.69, 9.17) is 0 Å². The Morgan fingerprint density at radius 2 is 2.10 bits per heavy atom. The second-order valence-corrected chi connectivity index (χ2v) is 5.01. The van der Waals surface area contributed by atoms with E-state index in [9.17, 15) is 4.79 Å². The van der Waals surface area contributed by atoms with Crippen LogP contribution in [0.4, 0.5) is 0 Å². The third kappa shape index (κ3) is 3.19. The van der Waals surface area contributed by atoms with Gasteiger partial charge >= 0.3 is 0 Å². The van der Waals surface area contributed by atoms with Crippen molar-refractivity contribution in [3.05, 3.63) is 42.1 Å². The number of nitrogens with one attached hydrogen (secondary N) is 1. The molecule has 0 saturated heterocycles. The molecule has 0 radical (unpaired) electrons. The predicted molar refractivity (Wildman–Crippen MR) is 79.0 cm³/mol. The van der Waals surface area contributed by atoms with Crippen LogP contribution in [0.1, 0.15) is 19.4 Å². The largest absolute Gasteiger partial charge is 0.347 e. The maximum absolute atomic E-state index is 11.7. The molecular weight excluding hydrogens is 252 g/mol. The number of rotatable bonds is 4. The van der Waals surface area contributed by atoms with Crippen molar-refractivity contribution in [1.29, 1.82) is 0 Å². The topological polar surface area (TPSA) is 82.0 Å². The van der Waals surface area contributed by atoms with Crippen molar-refractivity contribution in [3.63, 3.8) is 0 Å². The number of para-hydroxylation sites is 1. The van der Waals surface area contributed by atoms with Gasteiger partial charge in [-0.25, -0.2) is 5.43 Å². The number of hydrogen-bond acceptors (Lipinski definition) is 3. The van der Waals surface area contributed by atoms with E-state index >= 15 is 0 Å². The molecule has 0 spiro atoms. The lowest BCUT2D eigenvalue weighted by molar-refractivity contribution is -0.414. The monoisotopic (exact) mass is 271 g/mol. The number of quaternary nitrogens is 1. The SMILES string of the molecule is CC(C)[C@@H]([NH3+])C(=O)N/N=C\c1cccc2cccnc12. The summed E-state index contributed by atoms with van der Waals surface area (Å²) >= 11 is 0. The minimum Gasteiger partial charge on any atom is -0.347 e. The first-order valence-electron chi connectivity index (χ1n) is 6.59. The summed E-state index contributed by atoms with van der Waals surface area (Å²) in [6.07, 6.45) is 3.35. The number of pyridine rings is 1. The lowest BCUT2D eigenvalue weighted by atomic mass is 10.1. The highest BCUT2D eigenvalue weighted by Gasteiger charge is 2.20. The van der Waals surface area contributed by atoms with Crippen LogP contribution in [0.3, 0.4) is 0 Å². The first-order chi connectivity index (χ1) is 9.59. The lowest BCUT2D eigenvalue weighted by Crippen LogP contribution is -2.69. The maximum atomic E-state index is 11.7. The number of carbonyl (C=O) groups excluding carboxylic acids is 1. The summed E-state index contributed by atoms with van der Waals surface area (Å²) in [7, 11) is 0. The lowest BCUT2D eigenvalue weighted by Gasteiger charge is -2.09. The van der Waals surface area contributed by atoms with Gasteiger partial charge in [-0.05, 0) is 6.07 Å². The molecule has 1 heterocycles. The van der Waals surface area contributed by atoms with Crippen molar-refractivity contribution in [1.82, 2.24) is 10.4 Å². The summed E-state index contributed by atoms with van der Waals surface area (Å²) in [5.41, 5.74) is 8.06. The Labute approximate surface area is 117 Å². The fraction of sp³-hybridized carbons (Fsp3) is 0.267. The molecule has 1 atom stereocenters. The second kappa shape index (κ2) is 6.25. The highest BCUT2D eigenvalue weighted by atomic mass is 16.2. The molecule has 4 N–H and O–H groups in total. The Hall–Kier alpha value is -2.27. The van der Waals surface area contributed by atoms with E-state index in [1.807, 2.05) is 44.2 Å². The number of fused-ring (bicyclic) bond motifs is 1. The molecule has 104 valence electrons. The number of amides is 1. The molecule has 5 nitrogen and oxygen atoms in total. The van der Waals surface area contributed by atoms with E-state index in [-0.39, 0.29) is 17.9 Å². The van der Waals surface area contributed by atoms with Gasteiger partial charge < -0.3 is 5.73 Å². The average molecular weight is 271 g/mol. The van der Waals surface area contributed by atoms with Crippen LogP contribution in [0, 0.1) is 5.92 Å². The van der Waals surface area contributed by atoms with E-state index in [1.165, 1.54) is 0 Å². The molecule has 1 aromatic carbocycles. The molecule has 1 aromatic heterocycles. The minimum absolute atomic E-state index is 0.176. The van der Waals surface area contributed by atoms with Gasteiger partial charge in [0.1, 0.15) is 0 Å². The summed E-state index contributed by atoms with van der Waals surface area (Å²) in [6, 6.07) is 9.41. The number of benzene rings is 1. The third-order valence-corrected chi connectivity index (χ3v) is 3.18. The highest BCUT2D eigenvalue weighted by Crippen LogP contribution is 2.13. The summed E-state index contributed by atoms with van der Waals surface area (Å²) < 4.78 is 0. The van der Waals surface area contributed by atoms with E-state index in [1.54, 1.807) is 12.4 Å². The maximum Gasteiger partial charge on any atom is 0.298 e. The molecule has 5 heteroatoms. The van der Waals surface area contributed by atoms with Crippen molar-refractivity contribution >= 4 is 23.0 Å². The number of carbonyl (C=O) groups is 1. The molecule has 0 aliphatic rings. The van der Waals surface area contributed by atoms with E-state index in [0.717, 1.165) is 16.5 Å². The Kier molecular flexibility index (Phi) is 4.42. The van der Waals surface area contributed by atoms with Gasteiger partial charge in [-0.2, -0.15) is 5.10 Å². The molecule has 0 unspecified atom stereocenters. The first-order valence-corrected chi connectivity index (χ1v) is 6.59. The van der Waals surface area contributed by atoms with Gasteiger partial charge in [-0.3, -0.25) is 9.78 Å². The fourth-order valence-electron chi connectivity index (χ4n) is 1.78. The summed E-state index contributed by atoms with van der Waals surface area (Å²) in [5.74, 6) is 0.00821. The smallest absolute Gasteiger partial charge is 0.298 e. The van der Waals surface area contributed by atoms with Gasteiger partial charge in [0.15, 0.2) is 6.04 Å². The van der Waals surface area contributed by atoms with Crippen molar-refractivity contribution in [2.45, 2.75) is 19.9 Å². The van der Waals surface area contributed by atoms with Crippen LogP contribution in [-0.2, 0) is 4.79 Å². The number of hydrogen-bond donors (Lipinski definition) is 2. The second-order valence-electron chi connectivity index (χ2n) is 5.01. The highest BCUT2D eigenvalue weighted by molar-refractivity contribution is 5.97. The van der Waals surface area contributed by atoms with Gasteiger partial charge in [0.05, 0.1) is 11.7 Å². The molecule has 0 fully saturated rings.